The maximum absolute atomic E-state index is 13.3. The fraction of sp³-hybridized carbons (Fsp3) is 0.559. The summed E-state index contributed by atoms with van der Waals surface area (Å²) in [6.45, 7) is 8.10. The minimum absolute atomic E-state index is 0.0207. The third kappa shape index (κ3) is 9.72. The molecule has 0 fully saturated rings. The monoisotopic (exact) mass is 617 g/mol. The number of oxime groups is 1. The van der Waals surface area contributed by atoms with Crippen molar-refractivity contribution in [2.75, 3.05) is 13.2 Å². The first-order chi connectivity index (χ1) is 21.0. The van der Waals surface area contributed by atoms with Gasteiger partial charge in [0.05, 0.1) is 17.7 Å². The van der Waals surface area contributed by atoms with Crippen molar-refractivity contribution >= 4 is 18.2 Å². The largest absolute Gasteiger partial charge is 0.459 e. The predicted octanol–water partition coefficient (Wildman–Crippen LogP) is 8.34. The summed E-state index contributed by atoms with van der Waals surface area (Å²) in [7, 11) is 0. The zero-order valence-corrected chi connectivity index (χ0v) is 26.4. The Morgan fingerprint density at radius 1 is 0.864 bits per heavy atom. The van der Waals surface area contributed by atoms with E-state index in [2.05, 4.69) is 17.0 Å². The third-order valence-corrected chi connectivity index (χ3v) is 8.07. The number of ether oxygens (including phenoxy) is 1. The molecule has 3 rings (SSSR count). The predicted molar refractivity (Wildman–Crippen MR) is 164 cm³/mol. The molecule has 1 aliphatic heterocycles. The van der Waals surface area contributed by atoms with E-state index in [-0.39, 0.29) is 19.4 Å². The number of nitrogens with zero attached hydrogens (tertiary/aromatic N) is 3. The molecule has 2 aromatic carbocycles. The average molecular weight is 618 g/mol. The van der Waals surface area contributed by atoms with Crippen molar-refractivity contribution in [2.24, 2.45) is 5.16 Å². The van der Waals surface area contributed by atoms with Crippen molar-refractivity contribution in [1.82, 2.24) is 9.80 Å². The second kappa shape index (κ2) is 16.5. The van der Waals surface area contributed by atoms with Gasteiger partial charge in [-0.1, -0.05) is 99.8 Å². The van der Waals surface area contributed by atoms with Crippen LogP contribution in [-0.2, 0) is 37.4 Å². The molecule has 1 atom stereocenters. The lowest BCUT2D eigenvalue weighted by Gasteiger charge is -2.38. The minimum atomic E-state index is -4.48. The molecule has 0 spiro atoms. The first-order valence-electron chi connectivity index (χ1n) is 15.7. The van der Waals surface area contributed by atoms with Crippen LogP contribution in [0.5, 0.6) is 0 Å². The van der Waals surface area contributed by atoms with Crippen LogP contribution in [0.15, 0.2) is 53.7 Å². The lowest BCUT2D eigenvalue weighted by atomic mass is 9.90. The summed E-state index contributed by atoms with van der Waals surface area (Å²) >= 11 is 0. The Bertz CT molecular complexity index is 1210. The van der Waals surface area contributed by atoms with E-state index >= 15 is 0 Å². The lowest BCUT2D eigenvalue weighted by molar-refractivity contribution is -0.163. The van der Waals surface area contributed by atoms with Gasteiger partial charge in [0.25, 0.3) is 0 Å². The van der Waals surface area contributed by atoms with E-state index in [1.807, 2.05) is 24.3 Å². The van der Waals surface area contributed by atoms with Gasteiger partial charge in [-0.2, -0.15) is 13.2 Å². The van der Waals surface area contributed by atoms with E-state index in [0.29, 0.717) is 5.56 Å². The van der Waals surface area contributed by atoms with Gasteiger partial charge in [0.2, 0.25) is 6.23 Å². The summed E-state index contributed by atoms with van der Waals surface area (Å²) in [5.74, 6) is -1.90. The number of esters is 1. The highest BCUT2D eigenvalue weighted by molar-refractivity contribution is 6.32. The molecule has 1 unspecified atom stereocenters. The van der Waals surface area contributed by atoms with Crippen LogP contribution in [0.3, 0.4) is 0 Å². The van der Waals surface area contributed by atoms with Crippen LogP contribution >= 0.6 is 0 Å². The van der Waals surface area contributed by atoms with Crippen molar-refractivity contribution in [1.29, 1.82) is 0 Å². The number of carbonyl (C=O) groups is 2. The molecule has 242 valence electrons. The van der Waals surface area contributed by atoms with E-state index in [0.717, 1.165) is 42.6 Å². The van der Waals surface area contributed by atoms with Crippen LogP contribution < -0.4 is 0 Å². The fourth-order valence-corrected chi connectivity index (χ4v) is 5.32. The molecule has 1 amide bonds. The second-order valence-electron chi connectivity index (χ2n) is 11.7. The summed E-state index contributed by atoms with van der Waals surface area (Å²) in [6, 6.07) is 12.1. The maximum atomic E-state index is 13.3. The van der Waals surface area contributed by atoms with Gasteiger partial charge in [-0.25, -0.2) is 4.79 Å². The molecule has 1 aliphatic rings. The molecule has 0 aliphatic carbocycles. The summed E-state index contributed by atoms with van der Waals surface area (Å²) in [4.78, 5) is 34.8. The van der Waals surface area contributed by atoms with Crippen molar-refractivity contribution in [3.8, 4) is 0 Å². The Hall–Kier alpha value is -3.56. The highest BCUT2D eigenvalue weighted by atomic mass is 19.4. The molecule has 0 radical (unpaired) electrons. The molecule has 44 heavy (non-hydrogen) atoms. The van der Waals surface area contributed by atoms with Crippen LogP contribution in [0.1, 0.15) is 114 Å². The number of hydrogen-bond donors (Lipinski definition) is 0. The van der Waals surface area contributed by atoms with Gasteiger partial charge in [0.1, 0.15) is 6.34 Å². The summed E-state index contributed by atoms with van der Waals surface area (Å²) in [5, 5.41) is 4.02. The number of amides is 1. The highest BCUT2D eigenvalue weighted by Crippen LogP contribution is 2.34. The molecular formula is C34H46F3N3O4. The molecular weight excluding hydrogens is 571 g/mol. The van der Waals surface area contributed by atoms with E-state index in [4.69, 9.17) is 9.57 Å². The molecule has 0 bridgehead atoms. The van der Waals surface area contributed by atoms with Crippen molar-refractivity contribution in [2.45, 2.75) is 110 Å². The quantitative estimate of drug-likeness (QED) is 0.108. The number of rotatable bonds is 16. The van der Waals surface area contributed by atoms with Gasteiger partial charge in [0, 0.05) is 18.7 Å². The van der Waals surface area contributed by atoms with Gasteiger partial charge in [-0.05, 0) is 50.5 Å². The first-order valence-corrected chi connectivity index (χ1v) is 15.7. The molecule has 7 nitrogen and oxygen atoms in total. The average Bonchev–Trinajstić information content (AvgIpc) is 3.47. The molecule has 0 aromatic heterocycles. The molecule has 0 saturated heterocycles. The topological polar surface area (TPSA) is 71.4 Å². The first kappa shape index (κ1) is 34.9. The summed E-state index contributed by atoms with van der Waals surface area (Å²) in [5.41, 5.74) is 0.161. The van der Waals surface area contributed by atoms with Gasteiger partial charge < -0.3 is 19.4 Å². The zero-order valence-electron chi connectivity index (χ0n) is 26.4. The van der Waals surface area contributed by atoms with Crippen molar-refractivity contribution < 1.29 is 32.3 Å². The van der Waals surface area contributed by atoms with E-state index in [1.165, 1.54) is 62.0 Å². The Morgan fingerprint density at radius 2 is 1.43 bits per heavy atom. The van der Waals surface area contributed by atoms with Crippen LogP contribution in [-0.4, -0.2) is 41.2 Å². The smallest absolute Gasteiger partial charge is 0.416 e. The highest BCUT2D eigenvalue weighted by Gasteiger charge is 2.38. The number of alkyl halides is 3. The number of halogens is 3. The molecule has 2 aromatic rings. The van der Waals surface area contributed by atoms with Gasteiger partial charge in [-0.3, -0.25) is 4.79 Å². The van der Waals surface area contributed by atoms with Crippen LogP contribution in [0.2, 0.25) is 0 Å². The van der Waals surface area contributed by atoms with Crippen molar-refractivity contribution in [3.05, 3.63) is 70.8 Å². The number of benzene rings is 2. The Morgan fingerprint density at radius 3 is 2.00 bits per heavy atom. The van der Waals surface area contributed by atoms with E-state index < -0.39 is 29.2 Å². The van der Waals surface area contributed by atoms with Crippen molar-refractivity contribution in [3.63, 3.8) is 0 Å². The van der Waals surface area contributed by atoms with Gasteiger partial charge in [-0.15, -0.1) is 0 Å². The standard InChI is InChI=1S/C34H46F3N3O4/c1-5-7-8-9-10-11-12-13-14-23-39-25-38-44-31(39)27-17-15-26(16-18-27)24-40(30(41)32(42)43-6-2)33(3,4)28-19-21-29(22-20-28)34(35,36)37/h15-22,25,31H,5-14,23-24H2,1-4H3. The maximum Gasteiger partial charge on any atom is 0.416 e. The Balaban J connectivity index is 1.66. The summed E-state index contributed by atoms with van der Waals surface area (Å²) < 4.78 is 44.4. The molecule has 10 heteroatoms. The lowest BCUT2D eigenvalue weighted by Crippen LogP contribution is -2.48. The Labute approximate surface area is 259 Å². The van der Waals surface area contributed by atoms with Gasteiger partial charge in [0.15, 0.2) is 0 Å². The van der Waals surface area contributed by atoms with E-state index in [9.17, 15) is 22.8 Å². The van der Waals surface area contributed by atoms with Gasteiger partial charge >= 0.3 is 18.1 Å². The third-order valence-electron chi connectivity index (χ3n) is 8.07. The summed E-state index contributed by atoms with van der Waals surface area (Å²) in [6.07, 6.45) is 8.11. The van der Waals surface area contributed by atoms with Crippen LogP contribution in [0, 0.1) is 0 Å². The normalized spacial score (nSPS) is 14.9. The number of unbranched alkanes of at least 4 members (excludes halogenated alkanes) is 8. The second-order valence-corrected chi connectivity index (χ2v) is 11.7. The molecule has 0 saturated carbocycles. The number of hydrogen-bond acceptors (Lipinski definition) is 6. The molecule has 1 heterocycles. The number of carbonyl (C=O) groups excluding carboxylic acids is 2. The zero-order chi connectivity index (χ0) is 32.2. The Kier molecular flexibility index (Phi) is 13.1. The fourth-order valence-electron chi connectivity index (χ4n) is 5.32. The SMILES string of the molecule is CCCCCCCCCCCN1C=NOC1c1ccc(CN(C(=O)C(=O)OCC)C(C)(C)c2ccc(C(F)(F)F)cc2)cc1. The van der Waals surface area contributed by atoms with Crippen LogP contribution in [0.25, 0.3) is 0 Å². The van der Waals surface area contributed by atoms with Crippen LogP contribution in [0.4, 0.5) is 13.2 Å². The van der Waals surface area contributed by atoms with E-state index in [1.54, 1.807) is 27.1 Å². The molecule has 0 N–H and O–H groups in total. The minimum Gasteiger partial charge on any atom is -0.459 e.